The van der Waals surface area contributed by atoms with E-state index in [1.54, 1.807) is 17.4 Å². The molecule has 0 unspecified atom stereocenters. The quantitative estimate of drug-likeness (QED) is 0.921. The van der Waals surface area contributed by atoms with Gasteiger partial charge in [0.15, 0.2) is 0 Å². The Bertz CT molecular complexity index is 577. The van der Waals surface area contributed by atoms with Crippen LogP contribution in [0.2, 0.25) is 0 Å². The molecule has 0 radical (unpaired) electrons. The molecule has 2 rings (SSSR count). The van der Waals surface area contributed by atoms with Crippen LogP contribution in [0, 0.1) is 6.92 Å². The van der Waals surface area contributed by atoms with Crippen molar-refractivity contribution in [2.24, 2.45) is 0 Å². The van der Waals surface area contributed by atoms with Gasteiger partial charge in [0, 0.05) is 16.5 Å². The van der Waals surface area contributed by atoms with Crippen LogP contribution in [0.3, 0.4) is 0 Å². The molecule has 0 aliphatic carbocycles. The molecule has 0 aliphatic heterocycles. The molecular weight excluding hydrogens is 250 g/mol. The SMILES string of the molecule is COc1ccc(-c2csc(C)n2)cc1CC(=O)O. The van der Waals surface area contributed by atoms with E-state index >= 15 is 0 Å². The van der Waals surface area contributed by atoms with Crippen molar-refractivity contribution >= 4 is 17.3 Å². The summed E-state index contributed by atoms with van der Waals surface area (Å²) in [4.78, 5) is 15.2. The summed E-state index contributed by atoms with van der Waals surface area (Å²) in [7, 11) is 1.54. The van der Waals surface area contributed by atoms with Crippen LogP contribution in [0.25, 0.3) is 11.3 Å². The molecule has 0 fully saturated rings. The predicted molar refractivity (Wildman–Crippen MR) is 70.2 cm³/mol. The van der Waals surface area contributed by atoms with Gasteiger partial charge in [0.25, 0.3) is 0 Å². The number of aryl methyl sites for hydroxylation is 1. The van der Waals surface area contributed by atoms with Crippen molar-refractivity contribution in [2.75, 3.05) is 7.11 Å². The van der Waals surface area contributed by atoms with Gasteiger partial charge in [-0.2, -0.15) is 0 Å². The molecule has 2 aromatic rings. The number of rotatable bonds is 4. The summed E-state index contributed by atoms with van der Waals surface area (Å²) in [6.07, 6.45) is -0.0554. The molecule has 0 amide bonds. The van der Waals surface area contributed by atoms with Crippen molar-refractivity contribution in [3.63, 3.8) is 0 Å². The number of methoxy groups -OCH3 is 1. The molecular formula is C13H13NO3S. The van der Waals surface area contributed by atoms with E-state index in [1.807, 2.05) is 24.4 Å². The van der Waals surface area contributed by atoms with Crippen molar-refractivity contribution in [3.8, 4) is 17.0 Å². The average Bonchev–Trinajstić information content (AvgIpc) is 2.75. The third-order valence-corrected chi connectivity index (χ3v) is 3.31. The molecule has 0 atom stereocenters. The van der Waals surface area contributed by atoms with E-state index in [0.717, 1.165) is 16.3 Å². The van der Waals surface area contributed by atoms with Gasteiger partial charge < -0.3 is 9.84 Å². The van der Waals surface area contributed by atoms with Crippen molar-refractivity contribution in [1.29, 1.82) is 0 Å². The molecule has 0 saturated heterocycles. The van der Waals surface area contributed by atoms with Gasteiger partial charge >= 0.3 is 5.97 Å². The molecule has 18 heavy (non-hydrogen) atoms. The van der Waals surface area contributed by atoms with Gasteiger partial charge in [0.2, 0.25) is 0 Å². The Morgan fingerprint density at radius 2 is 2.28 bits per heavy atom. The number of nitrogens with zero attached hydrogens (tertiary/aromatic N) is 1. The van der Waals surface area contributed by atoms with Crippen LogP contribution < -0.4 is 4.74 Å². The topological polar surface area (TPSA) is 59.4 Å². The first kappa shape index (κ1) is 12.6. The number of hydrogen-bond donors (Lipinski definition) is 1. The third kappa shape index (κ3) is 2.68. The molecule has 4 nitrogen and oxygen atoms in total. The second kappa shape index (κ2) is 5.18. The highest BCUT2D eigenvalue weighted by Gasteiger charge is 2.10. The summed E-state index contributed by atoms with van der Waals surface area (Å²) in [5, 5.41) is 11.8. The van der Waals surface area contributed by atoms with Gasteiger partial charge in [-0.3, -0.25) is 4.79 Å². The number of benzene rings is 1. The van der Waals surface area contributed by atoms with E-state index in [1.165, 1.54) is 7.11 Å². The van der Waals surface area contributed by atoms with Crippen LogP contribution in [0.4, 0.5) is 0 Å². The maximum absolute atomic E-state index is 10.8. The number of ether oxygens (including phenoxy) is 1. The van der Waals surface area contributed by atoms with Crippen LogP contribution in [-0.4, -0.2) is 23.2 Å². The largest absolute Gasteiger partial charge is 0.496 e. The van der Waals surface area contributed by atoms with Gasteiger partial charge in [-0.15, -0.1) is 11.3 Å². The Balaban J connectivity index is 2.41. The molecule has 0 saturated carbocycles. The van der Waals surface area contributed by atoms with Gasteiger partial charge in [-0.25, -0.2) is 4.98 Å². The highest BCUT2D eigenvalue weighted by atomic mass is 32.1. The lowest BCUT2D eigenvalue weighted by Crippen LogP contribution is -2.02. The number of aromatic nitrogens is 1. The van der Waals surface area contributed by atoms with Crippen molar-refractivity contribution in [2.45, 2.75) is 13.3 Å². The smallest absolute Gasteiger partial charge is 0.307 e. The Morgan fingerprint density at radius 1 is 1.50 bits per heavy atom. The molecule has 0 bridgehead atoms. The Hall–Kier alpha value is -1.88. The monoisotopic (exact) mass is 263 g/mol. The molecule has 5 heteroatoms. The predicted octanol–water partition coefficient (Wildman–Crippen LogP) is 2.75. The van der Waals surface area contributed by atoms with Gasteiger partial charge in [-0.05, 0) is 25.1 Å². The molecule has 94 valence electrons. The van der Waals surface area contributed by atoms with Crippen LogP contribution in [-0.2, 0) is 11.2 Å². The molecule has 1 N–H and O–H groups in total. The van der Waals surface area contributed by atoms with Gasteiger partial charge in [-0.1, -0.05) is 0 Å². The fourth-order valence-corrected chi connectivity index (χ4v) is 2.36. The minimum absolute atomic E-state index is 0.0554. The van der Waals surface area contributed by atoms with E-state index in [9.17, 15) is 4.79 Å². The molecule has 0 spiro atoms. The fourth-order valence-electron chi connectivity index (χ4n) is 1.73. The Labute approximate surface area is 109 Å². The maximum Gasteiger partial charge on any atom is 0.307 e. The average molecular weight is 263 g/mol. The van der Waals surface area contributed by atoms with Crippen LogP contribution >= 0.6 is 11.3 Å². The number of thiazole rings is 1. The lowest BCUT2D eigenvalue weighted by atomic mass is 10.1. The summed E-state index contributed by atoms with van der Waals surface area (Å²) in [5.74, 6) is -0.284. The standard InChI is InChI=1S/C13H13NO3S/c1-8-14-11(7-18-8)9-3-4-12(17-2)10(5-9)6-13(15)16/h3-5,7H,6H2,1-2H3,(H,15,16). The summed E-state index contributed by atoms with van der Waals surface area (Å²) in [6.45, 7) is 1.94. The molecule has 1 heterocycles. The third-order valence-electron chi connectivity index (χ3n) is 2.54. The van der Waals surface area contributed by atoms with Gasteiger partial charge in [0.1, 0.15) is 5.75 Å². The number of aliphatic carboxylic acids is 1. The van der Waals surface area contributed by atoms with Crippen LogP contribution in [0.15, 0.2) is 23.6 Å². The first-order valence-electron chi connectivity index (χ1n) is 5.41. The van der Waals surface area contributed by atoms with E-state index in [2.05, 4.69) is 4.98 Å². The van der Waals surface area contributed by atoms with E-state index in [-0.39, 0.29) is 6.42 Å². The Morgan fingerprint density at radius 3 is 2.83 bits per heavy atom. The number of carboxylic acid groups (broad SMARTS) is 1. The van der Waals surface area contributed by atoms with E-state index in [4.69, 9.17) is 9.84 Å². The summed E-state index contributed by atoms with van der Waals surface area (Å²) in [5.41, 5.74) is 2.44. The zero-order chi connectivity index (χ0) is 13.1. The number of carboxylic acids is 1. The van der Waals surface area contributed by atoms with Crippen molar-refractivity contribution in [1.82, 2.24) is 4.98 Å². The lowest BCUT2D eigenvalue weighted by Gasteiger charge is -2.08. The Kier molecular flexibility index (Phi) is 3.62. The zero-order valence-electron chi connectivity index (χ0n) is 10.1. The first-order valence-corrected chi connectivity index (χ1v) is 6.29. The summed E-state index contributed by atoms with van der Waals surface area (Å²) < 4.78 is 5.16. The molecule has 1 aromatic carbocycles. The highest BCUT2D eigenvalue weighted by molar-refractivity contribution is 7.09. The summed E-state index contributed by atoms with van der Waals surface area (Å²) in [6, 6.07) is 5.49. The lowest BCUT2D eigenvalue weighted by molar-refractivity contribution is -0.136. The second-order valence-electron chi connectivity index (χ2n) is 3.85. The van der Waals surface area contributed by atoms with Crippen LogP contribution in [0.5, 0.6) is 5.75 Å². The number of carbonyl (C=O) groups is 1. The molecule has 1 aromatic heterocycles. The van der Waals surface area contributed by atoms with Crippen LogP contribution in [0.1, 0.15) is 10.6 Å². The van der Waals surface area contributed by atoms with E-state index in [0.29, 0.717) is 11.3 Å². The maximum atomic E-state index is 10.8. The number of hydrogen-bond acceptors (Lipinski definition) is 4. The fraction of sp³-hybridized carbons (Fsp3) is 0.231. The minimum Gasteiger partial charge on any atom is -0.496 e. The van der Waals surface area contributed by atoms with Crippen molar-refractivity contribution < 1.29 is 14.6 Å². The zero-order valence-corrected chi connectivity index (χ0v) is 11.0. The second-order valence-corrected chi connectivity index (χ2v) is 4.91. The normalized spacial score (nSPS) is 10.3. The van der Waals surface area contributed by atoms with Gasteiger partial charge in [0.05, 0.1) is 24.2 Å². The first-order chi connectivity index (χ1) is 8.60. The minimum atomic E-state index is -0.875. The summed E-state index contributed by atoms with van der Waals surface area (Å²) >= 11 is 1.57. The molecule has 0 aliphatic rings. The highest BCUT2D eigenvalue weighted by Crippen LogP contribution is 2.27. The van der Waals surface area contributed by atoms with E-state index < -0.39 is 5.97 Å². The van der Waals surface area contributed by atoms with Crippen molar-refractivity contribution in [3.05, 3.63) is 34.2 Å².